The van der Waals surface area contributed by atoms with E-state index in [0.29, 0.717) is 5.92 Å². The van der Waals surface area contributed by atoms with Crippen LogP contribution in [-0.2, 0) is 4.74 Å². The van der Waals surface area contributed by atoms with Crippen LogP contribution in [0.1, 0.15) is 43.5 Å². The van der Waals surface area contributed by atoms with E-state index in [1.807, 2.05) is 19.2 Å². The standard InChI is InChI=1S/C25H33N3O/c1-19-5-8-24(9-6-19)20(2)16-28(18-23-11-13-29-14-12-23)17-22(4)27-25-10-7-21(3)26-15-25/h5-10,15-17,23,27H,11-14,18H2,1-4H3/b20-16+,22-17+. The summed E-state index contributed by atoms with van der Waals surface area (Å²) >= 11 is 0. The molecule has 0 aliphatic carbocycles. The maximum Gasteiger partial charge on any atom is 0.0568 e. The second-order valence-electron chi connectivity index (χ2n) is 8.06. The zero-order valence-electron chi connectivity index (χ0n) is 18.1. The third kappa shape index (κ3) is 6.75. The minimum absolute atomic E-state index is 0.649. The Morgan fingerprint density at radius 1 is 1.07 bits per heavy atom. The lowest BCUT2D eigenvalue weighted by Crippen LogP contribution is -2.26. The summed E-state index contributed by atoms with van der Waals surface area (Å²) in [4.78, 5) is 6.70. The van der Waals surface area contributed by atoms with Crippen LogP contribution in [0.15, 0.2) is 60.7 Å². The Balaban J connectivity index is 1.78. The highest BCUT2D eigenvalue weighted by Crippen LogP contribution is 2.21. The number of anilines is 1. The van der Waals surface area contributed by atoms with Crippen LogP contribution in [0.25, 0.3) is 5.57 Å². The molecule has 1 fully saturated rings. The molecular weight excluding hydrogens is 358 g/mol. The van der Waals surface area contributed by atoms with Gasteiger partial charge in [0.05, 0.1) is 11.9 Å². The molecule has 3 rings (SSSR count). The number of benzene rings is 1. The molecule has 0 atom stereocenters. The number of nitrogens with zero attached hydrogens (tertiary/aromatic N) is 2. The number of hydrogen-bond donors (Lipinski definition) is 1. The number of rotatable bonds is 7. The first-order chi connectivity index (χ1) is 14.0. The summed E-state index contributed by atoms with van der Waals surface area (Å²) in [6.45, 7) is 11.1. The Hall–Kier alpha value is -2.59. The SMILES string of the molecule is C/C(=C\N(/C=C(\C)c1ccc(C)cc1)CC1CCOCC1)Nc1ccc(C)nc1. The monoisotopic (exact) mass is 391 g/mol. The fourth-order valence-electron chi connectivity index (χ4n) is 3.56. The molecule has 1 aliphatic rings. The molecule has 0 saturated carbocycles. The minimum atomic E-state index is 0.649. The lowest BCUT2D eigenvalue weighted by atomic mass is 9.99. The van der Waals surface area contributed by atoms with Gasteiger partial charge in [-0.15, -0.1) is 0 Å². The molecule has 0 bridgehead atoms. The van der Waals surface area contributed by atoms with Crippen molar-refractivity contribution in [1.29, 1.82) is 0 Å². The van der Waals surface area contributed by atoms with Crippen molar-refractivity contribution in [2.45, 2.75) is 40.5 Å². The fourth-order valence-corrected chi connectivity index (χ4v) is 3.56. The fraction of sp³-hybridized carbons (Fsp3) is 0.400. The van der Waals surface area contributed by atoms with Gasteiger partial charge in [-0.3, -0.25) is 4.98 Å². The quantitative estimate of drug-likeness (QED) is 0.651. The summed E-state index contributed by atoms with van der Waals surface area (Å²) in [6.07, 6.45) is 8.58. The van der Waals surface area contributed by atoms with Gasteiger partial charge in [-0.05, 0) is 69.7 Å². The van der Waals surface area contributed by atoms with Gasteiger partial charge >= 0.3 is 0 Å². The second kappa shape index (κ2) is 10.3. The van der Waals surface area contributed by atoms with Crippen molar-refractivity contribution < 1.29 is 4.74 Å². The number of aromatic nitrogens is 1. The Bertz CT molecular complexity index is 831. The zero-order chi connectivity index (χ0) is 20.6. The molecule has 1 aromatic carbocycles. The van der Waals surface area contributed by atoms with Crippen LogP contribution in [-0.4, -0.2) is 29.6 Å². The number of hydrogen-bond acceptors (Lipinski definition) is 4. The number of ether oxygens (including phenoxy) is 1. The largest absolute Gasteiger partial charge is 0.381 e. The summed E-state index contributed by atoms with van der Waals surface area (Å²) in [5, 5.41) is 3.46. The maximum absolute atomic E-state index is 5.54. The molecule has 29 heavy (non-hydrogen) atoms. The van der Waals surface area contributed by atoms with Gasteiger partial charge in [-0.1, -0.05) is 29.8 Å². The van der Waals surface area contributed by atoms with Gasteiger partial charge in [0.25, 0.3) is 0 Å². The van der Waals surface area contributed by atoms with Gasteiger partial charge in [0.15, 0.2) is 0 Å². The molecule has 4 nitrogen and oxygen atoms in total. The second-order valence-corrected chi connectivity index (χ2v) is 8.06. The van der Waals surface area contributed by atoms with Gasteiger partial charge < -0.3 is 15.0 Å². The van der Waals surface area contributed by atoms with Crippen LogP contribution < -0.4 is 5.32 Å². The first kappa shape index (κ1) is 21.1. The molecule has 2 heterocycles. The molecule has 154 valence electrons. The molecule has 2 aromatic rings. The van der Waals surface area contributed by atoms with Crippen LogP contribution in [0.3, 0.4) is 0 Å². The first-order valence-electron chi connectivity index (χ1n) is 10.5. The Labute approximate surface area is 175 Å². The number of nitrogens with one attached hydrogen (secondary N) is 1. The van der Waals surface area contributed by atoms with Crippen molar-refractivity contribution >= 4 is 11.3 Å². The van der Waals surface area contributed by atoms with E-state index in [-0.39, 0.29) is 0 Å². The molecule has 1 aromatic heterocycles. The van der Waals surface area contributed by atoms with Gasteiger partial charge in [0.1, 0.15) is 0 Å². The first-order valence-corrected chi connectivity index (χ1v) is 10.5. The average molecular weight is 392 g/mol. The predicted molar refractivity (Wildman–Crippen MR) is 121 cm³/mol. The highest BCUT2D eigenvalue weighted by Gasteiger charge is 2.16. The van der Waals surface area contributed by atoms with Crippen LogP contribution in [0.2, 0.25) is 0 Å². The van der Waals surface area contributed by atoms with Gasteiger partial charge in [0.2, 0.25) is 0 Å². The maximum atomic E-state index is 5.54. The summed E-state index contributed by atoms with van der Waals surface area (Å²) in [6, 6.07) is 12.8. The third-order valence-corrected chi connectivity index (χ3v) is 5.29. The van der Waals surface area contributed by atoms with E-state index >= 15 is 0 Å². The molecule has 1 N–H and O–H groups in total. The van der Waals surface area contributed by atoms with E-state index in [1.165, 1.54) is 16.7 Å². The van der Waals surface area contributed by atoms with Gasteiger partial charge in [-0.2, -0.15) is 0 Å². The van der Waals surface area contributed by atoms with Crippen molar-refractivity contribution in [3.8, 4) is 0 Å². The molecule has 1 aliphatic heterocycles. The highest BCUT2D eigenvalue weighted by atomic mass is 16.5. The van der Waals surface area contributed by atoms with Crippen LogP contribution in [0.4, 0.5) is 5.69 Å². The van der Waals surface area contributed by atoms with Crippen LogP contribution in [0, 0.1) is 19.8 Å². The van der Waals surface area contributed by atoms with Crippen molar-refractivity contribution in [3.63, 3.8) is 0 Å². The summed E-state index contributed by atoms with van der Waals surface area (Å²) in [5.74, 6) is 0.649. The lowest BCUT2D eigenvalue weighted by molar-refractivity contribution is 0.0611. The zero-order valence-corrected chi connectivity index (χ0v) is 18.1. The minimum Gasteiger partial charge on any atom is -0.381 e. The van der Waals surface area contributed by atoms with E-state index in [9.17, 15) is 0 Å². The molecule has 0 unspecified atom stereocenters. The Morgan fingerprint density at radius 3 is 2.45 bits per heavy atom. The van der Waals surface area contributed by atoms with Crippen molar-refractivity contribution in [2.75, 3.05) is 25.1 Å². The molecule has 0 radical (unpaired) electrons. The topological polar surface area (TPSA) is 37.4 Å². The third-order valence-electron chi connectivity index (χ3n) is 5.29. The Kier molecular flexibility index (Phi) is 7.48. The van der Waals surface area contributed by atoms with E-state index in [4.69, 9.17) is 4.74 Å². The van der Waals surface area contributed by atoms with Crippen molar-refractivity contribution in [2.24, 2.45) is 5.92 Å². The Morgan fingerprint density at radius 2 is 1.79 bits per heavy atom. The molecular formula is C25H33N3O. The van der Waals surface area contributed by atoms with Gasteiger partial charge in [-0.25, -0.2) is 0 Å². The molecule has 0 spiro atoms. The van der Waals surface area contributed by atoms with Crippen LogP contribution >= 0.6 is 0 Å². The normalized spacial score (nSPS) is 16.0. The molecule has 1 saturated heterocycles. The van der Waals surface area contributed by atoms with Crippen LogP contribution in [0.5, 0.6) is 0 Å². The predicted octanol–water partition coefficient (Wildman–Crippen LogP) is 5.76. The van der Waals surface area contributed by atoms with Gasteiger partial charge in [0, 0.05) is 43.5 Å². The van der Waals surface area contributed by atoms with E-state index < -0.39 is 0 Å². The average Bonchev–Trinajstić information content (AvgIpc) is 2.71. The smallest absolute Gasteiger partial charge is 0.0568 e. The van der Waals surface area contributed by atoms with E-state index in [1.54, 1.807) is 0 Å². The van der Waals surface area contributed by atoms with E-state index in [2.05, 4.69) is 78.7 Å². The molecule has 0 amide bonds. The lowest BCUT2D eigenvalue weighted by Gasteiger charge is -2.28. The summed E-state index contributed by atoms with van der Waals surface area (Å²) < 4.78 is 5.54. The summed E-state index contributed by atoms with van der Waals surface area (Å²) in [5.41, 5.74) is 6.93. The molecule has 4 heteroatoms. The summed E-state index contributed by atoms with van der Waals surface area (Å²) in [7, 11) is 0. The number of aryl methyl sites for hydroxylation is 2. The highest BCUT2D eigenvalue weighted by molar-refractivity contribution is 5.63. The number of allylic oxidation sites excluding steroid dienone is 2. The van der Waals surface area contributed by atoms with E-state index in [0.717, 1.165) is 49.7 Å². The van der Waals surface area contributed by atoms with Crippen molar-refractivity contribution in [3.05, 3.63) is 77.5 Å². The van der Waals surface area contributed by atoms with Crippen molar-refractivity contribution in [1.82, 2.24) is 9.88 Å². The number of pyridine rings is 1.